The van der Waals surface area contributed by atoms with Crippen molar-refractivity contribution in [2.24, 2.45) is 0 Å². The Balaban J connectivity index is 2.34. The Kier molecular flexibility index (Phi) is 1.53. The fourth-order valence-electron chi connectivity index (χ4n) is 2.20. The van der Waals surface area contributed by atoms with Crippen LogP contribution in [0.1, 0.15) is 0 Å². The summed E-state index contributed by atoms with van der Waals surface area (Å²) in [7, 11) is 0. The van der Waals surface area contributed by atoms with Gasteiger partial charge in [-0.05, 0) is 18.2 Å². The second-order valence-electron chi connectivity index (χ2n) is 3.96. The van der Waals surface area contributed by atoms with Crippen LogP contribution in [-0.4, -0.2) is 19.9 Å². The van der Waals surface area contributed by atoms with E-state index in [1.54, 1.807) is 12.4 Å². The van der Waals surface area contributed by atoms with Gasteiger partial charge < -0.3 is 4.98 Å². The number of H-pyrrole nitrogens is 1. The van der Waals surface area contributed by atoms with Crippen molar-refractivity contribution in [3.05, 3.63) is 43.0 Å². The number of nitrogens with one attached hydrogen (secondary N) is 1. The number of aromatic nitrogens is 4. The van der Waals surface area contributed by atoms with Gasteiger partial charge in [-0.1, -0.05) is 0 Å². The molecule has 17 heavy (non-hydrogen) atoms. The zero-order valence-electron chi connectivity index (χ0n) is 8.88. The maximum Gasteiger partial charge on any atom is 0.113 e. The highest BCUT2D eigenvalue weighted by molar-refractivity contribution is 6.14. The molecule has 0 fully saturated rings. The van der Waals surface area contributed by atoms with Crippen LogP contribution in [0.2, 0.25) is 0 Å². The van der Waals surface area contributed by atoms with Gasteiger partial charge in [0.1, 0.15) is 5.52 Å². The summed E-state index contributed by atoms with van der Waals surface area (Å²) in [6.07, 6.45) is 7.29. The van der Waals surface area contributed by atoms with E-state index in [0.717, 1.165) is 32.8 Å². The SMILES string of the molecule is c1cnc2c(c1)ncc1c3cnccc3[nH]c12. The molecule has 0 spiro atoms. The second kappa shape index (κ2) is 3.01. The molecule has 1 N–H and O–H groups in total. The number of hydrogen-bond donors (Lipinski definition) is 1. The van der Waals surface area contributed by atoms with E-state index in [0.29, 0.717) is 0 Å². The molecule has 0 amide bonds. The molecule has 80 valence electrons. The molecular weight excluding hydrogens is 212 g/mol. The molecule has 4 aromatic heterocycles. The Hall–Kier alpha value is -2.49. The molecule has 0 atom stereocenters. The van der Waals surface area contributed by atoms with Crippen LogP contribution in [0.4, 0.5) is 0 Å². The van der Waals surface area contributed by atoms with Crippen LogP contribution in [0.25, 0.3) is 32.8 Å². The molecule has 0 aliphatic heterocycles. The van der Waals surface area contributed by atoms with Crippen LogP contribution in [-0.2, 0) is 0 Å². The third-order valence-corrected chi connectivity index (χ3v) is 3.00. The van der Waals surface area contributed by atoms with Gasteiger partial charge in [-0.25, -0.2) is 0 Å². The largest absolute Gasteiger partial charge is 0.353 e. The number of hydrogen-bond acceptors (Lipinski definition) is 3. The average molecular weight is 220 g/mol. The molecule has 0 aliphatic rings. The lowest BCUT2D eigenvalue weighted by molar-refractivity contribution is 1.35. The van der Waals surface area contributed by atoms with Gasteiger partial charge in [0, 0.05) is 41.1 Å². The highest BCUT2D eigenvalue weighted by Gasteiger charge is 2.08. The molecule has 0 aromatic carbocycles. The smallest absolute Gasteiger partial charge is 0.113 e. The van der Waals surface area contributed by atoms with Crippen molar-refractivity contribution in [3.8, 4) is 0 Å². The third kappa shape index (κ3) is 1.09. The molecule has 4 nitrogen and oxygen atoms in total. The summed E-state index contributed by atoms with van der Waals surface area (Å²) >= 11 is 0. The first-order valence-electron chi connectivity index (χ1n) is 5.38. The summed E-state index contributed by atoms with van der Waals surface area (Å²) in [5.41, 5.74) is 3.90. The molecule has 4 heterocycles. The third-order valence-electron chi connectivity index (χ3n) is 3.00. The highest BCUT2D eigenvalue weighted by atomic mass is 14.8. The van der Waals surface area contributed by atoms with E-state index in [2.05, 4.69) is 19.9 Å². The molecule has 0 unspecified atom stereocenters. The monoisotopic (exact) mass is 220 g/mol. The predicted molar refractivity (Wildman–Crippen MR) is 66.7 cm³/mol. The molecule has 4 rings (SSSR count). The Morgan fingerprint density at radius 3 is 2.94 bits per heavy atom. The first-order chi connectivity index (χ1) is 8.43. The van der Waals surface area contributed by atoms with Gasteiger partial charge in [0.25, 0.3) is 0 Å². The topological polar surface area (TPSA) is 54.5 Å². The summed E-state index contributed by atoms with van der Waals surface area (Å²) in [5.74, 6) is 0. The maximum atomic E-state index is 4.42. The van der Waals surface area contributed by atoms with Gasteiger partial charge in [0.2, 0.25) is 0 Å². The van der Waals surface area contributed by atoms with E-state index in [-0.39, 0.29) is 0 Å². The molecule has 0 aliphatic carbocycles. The van der Waals surface area contributed by atoms with Gasteiger partial charge in [0.15, 0.2) is 0 Å². The van der Waals surface area contributed by atoms with Crippen molar-refractivity contribution in [3.63, 3.8) is 0 Å². The molecule has 0 saturated heterocycles. The number of pyridine rings is 3. The van der Waals surface area contributed by atoms with Crippen LogP contribution in [0.5, 0.6) is 0 Å². The fourth-order valence-corrected chi connectivity index (χ4v) is 2.20. The molecule has 4 heteroatoms. The van der Waals surface area contributed by atoms with Crippen LogP contribution in [0.3, 0.4) is 0 Å². The second-order valence-corrected chi connectivity index (χ2v) is 3.96. The number of rotatable bonds is 0. The minimum Gasteiger partial charge on any atom is -0.353 e. The zero-order chi connectivity index (χ0) is 11.2. The summed E-state index contributed by atoms with van der Waals surface area (Å²) in [5, 5.41) is 2.15. The van der Waals surface area contributed by atoms with E-state index >= 15 is 0 Å². The van der Waals surface area contributed by atoms with Crippen molar-refractivity contribution >= 4 is 32.8 Å². The standard InChI is InChI=1S/C13H8N4/c1-2-11-13(15-4-1)12-9(7-16-11)8-6-14-5-3-10(8)17-12/h1-7,17H. The predicted octanol–water partition coefficient (Wildman–Crippen LogP) is 2.66. The van der Waals surface area contributed by atoms with E-state index in [4.69, 9.17) is 0 Å². The first-order valence-corrected chi connectivity index (χ1v) is 5.38. The molecular formula is C13H8N4. The summed E-state index contributed by atoms with van der Waals surface area (Å²) in [4.78, 5) is 16.3. The Morgan fingerprint density at radius 2 is 1.94 bits per heavy atom. The van der Waals surface area contributed by atoms with E-state index in [9.17, 15) is 0 Å². The van der Waals surface area contributed by atoms with Crippen molar-refractivity contribution in [1.82, 2.24) is 19.9 Å². The zero-order valence-corrected chi connectivity index (χ0v) is 8.88. The first kappa shape index (κ1) is 8.64. The van der Waals surface area contributed by atoms with E-state index in [1.807, 2.05) is 30.6 Å². The minimum absolute atomic E-state index is 0.902. The summed E-state index contributed by atoms with van der Waals surface area (Å²) in [6, 6.07) is 5.82. The van der Waals surface area contributed by atoms with Crippen molar-refractivity contribution in [2.45, 2.75) is 0 Å². The lowest BCUT2D eigenvalue weighted by atomic mass is 10.2. The number of nitrogens with zero attached hydrogens (tertiary/aromatic N) is 3. The van der Waals surface area contributed by atoms with Crippen molar-refractivity contribution in [1.29, 1.82) is 0 Å². The van der Waals surface area contributed by atoms with Gasteiger partial charge in [0.05, 0.1) is 11.0 Å². The van der Waals surface area contributed by atoms with Crippen LogP contribution < -0.4 is 0 Å². The van der Waals surface area contributed by atoms with Crippen LogP contribution in [0.15, 0.2) is 43.0 Å². The normalized spacial score (nSPS) is 11.5. The van der Waals surface area contributed by atoms with Crippen LogP contribution in [0, 0.1) is 0 Å². The number of fused-ring (bicyclic) bond motifs is 5. The molecule has 0 radical (unpaired) electrons. The van der Waals surface area contributed by atoms with Gasteiger partial charge in [-0.3, -0.25) is 15.0 Å². The van der Waals surface area contributed by atoms with Gasteiger partial charge >= 0.3 is 0 Å². The lowest BCUT2D eigenvalue weighted by Gasteiger charge is -1.96. The maximum absolute atomic E-state index is 4.42. The lowest BCUT2D eigenvalue weighted by Crippen LogP contribution is -1.82. The van der Waals surface area contributed by atoms with Gasteiger partial charge in [-0.15, -0.1) is 0 Å². The summed E-state index contributed by atoms with van der Waals surface area (Å²) < 4.78 is 0. The Morgan fingerprint density at radius 1 is 0.941 bits per heavy atom. The van der Waals surface area contributed by atoms with Crippen molar-refractivity contribution < 1.29 is 0 Å². The molecule has 0 saturated carbocycles. The fraction of sp³-hybridized carbons (Fsp3) is 0. The van der Waals surface area contributed by atoms with E-state index in [1.165, 1.54) is 0 Å². The summed E-state index contributed by atoms with van der Waals surface area (Å²) in [6.45, 7) is 0. The quantitative estimate of drug-likeness (QED) is 0.495. The Labute approximate surface area is 96.3 Å². The van der Waals surface area contributed by atoms with Crippen LogP contribution >= 0.6 is 0 Å². The molecule has 0 bridgehead atoms. The average Bonchev–Trinajstić information content (AvgIpc) is 2.78. The minimum atomic E-state index is 0.902. The van der Waals surface area contributed by atoms with Gasteiger partial charge in [-0.2, -0.15) is 0 Å². The molecule has 4 aromatic rings. The highest BCUT2D eigenvalue weighted by Crippen LogP contribution is 2.27. The van der Waals surface area contributed by atoms with E-state index < -0.39 is 0 Å². The number of aromatic amines is 1. The Bertz CT molecular complexity index is 848. The van der Waals surface area contributed by atoms with Crippen molar-refractivity contribution in [2.75, 3.05) is 0 Å².